The number of aromatic amines is 1. The van der Waals surface area contributed by atoms with Gasteiger partial charge in [-0.3, -0.25) is 5.10 Å². The van der Waals surface area contributed by atoms with Crippen LogP contribution in [0.4, 0.5) is 5.95 Å². The van der Waals surface area contributed by atoms with Gasteiger partial charge in [0.25, 0.3) is 0 Å². The molecule has 0 saturated carbocycles. The fraction of sp³-hybridized carbons (Fsp3) is 0.429. The van der Waals surface area contributed by atoms with Gasteiger partial charge in [0.15, 0.2) is 5.82 Å². The van der Waals surface area contributed by atoms with E-state index in [9.17, 15) is 0 Å². The minimum absolute atomic E-state index is 0.765. The maximum atomic E-state index is 5.35. The van der Waals surface area contributed by atoms with Gasteiger partial charge in [0.1, 0.15) is 5.75 Å². The maximum absolute atomic E-state index is 5.35. The zero-order valence-electron chi connectivity index (χ0n) is 11.8. The third-order valence-electron chi connectivity index (χ3n) is 3.55. The Morgan fingerprint density at radius 3 is 2.80 bits per heavy atom. The maximum Gasteiger partial charge on any atom is 0.245 e. The van der Waals surface area contributed by atoms with Crippen molar-refractivity contribution >= 4 is 5.95 Å². The molecule has 1 aliphatic heterocycles. The lowest BCUT2D eigenvalue weighted by atomic mass is 10.1. The van der Waals surface area contributed by atoms with E-state index in [2.05, 4.69) is 25.4 Å². The first-order chi connectivity index (χ1) is 9.78. The Labute approximate surface area is 118 Å². The SMILES string of the molecule is COc1cc(-c2nc(N3CCNCC3)n[nH]2)ccc1C. The number of benzene rings is 1. The molecule has 1 aliphatic rings. The van der Waals surface area contributed by atoms with Crippen LogP contribution >= 0.6 is 0 Å². The molecule has 0 amide bonds. The molecular formula is C14H19N5O. The number of aryl methyl sites for hydroxylation is 1. The fourth-order valence-corrected chi connectivity index (χ4v) is 2.36. The minimum atomic E-state index is 0.765. The molecule has 106 valence electrons. The van der Waals surface area contributed by atoms with Crippen molar-refractivity contribution in [2.75, 3.05) is 38.2 Å². The van der Waals surface area contributed by atoms with Crippen LogP contribution in [0.25, 0.3) is 11.4 Å². The highest BCUT2D eigenvalue weighted by atomic mass is 16.5. The van der Waals surface area contributed by atoms with Crippen LogP contribution in [0.3, 0.4) is 0 Å². The second-order valence-electron chi connectivity index (χ2n) is 4.91. The predicted octanol–water partition coefficient (Wildman–Crippen LogP) is 1.20. The van der Waals surface area contributed by atoms with Crippen molar-refractivity contribution in [3.05, 3.63) is 23.8 Å². The Morgan fingerprint density at radius 2 is 2.05 bits per heavy atom. The van der Waals surface area contributed by atoms with Gasteiger partial charge in [-0.1, -0.05) is 12.1 Å². The molecule has 3 rings (SSSR count). The Balaban J connectivity index is 1.85. The van der Waals surface area contributed by atoms with E-state index in [-0.39, 0.29) is 0 Å². The Bertz CT molecular complexity index is 589. The topological polar surface area (TPSA) is 66.1 Å². The van der Waals surface area contributed by atoms with E-state index in [1.54, 1.807) is 7.11 Å². The summed E-state index contributed by atoms with van der Waals surface area (Å²) in [6.45, 7) is 5.85. The molecule has 2 N–H and O–H groups in total. The lowest BCUT2D eigenvalue weighted by Crippen LogP contribution is -2.44. The molecular weight excluding hydrogens is 254 g/mol. The van der Waals surface area contributed by atoms with E-state index in [1.807, 2.05) is 25.1 Å². The van der Waals surface area contributed by atoms with Gasteiger partial charge in [0.05, 0.1) is 7.11 Å². The van der Waals surface area contributed by atoms with E-state index in [0.717, 1.165) is 54.8 Å². The zero-order valence-corrected chi connectivity index (χ0v) is 11.8. The summed E-state index contributed by atoms with van der Waals surface area (Å²) >= 11 is 0. The number of nitrogens with one attached hydrogen (secondary N) is 2. The minimum Gasteiger partial charge on any atom is -0.496 e. The molecule has 2 heterocycles. The van der Waals surface area contributed by atoms with Gasteiger partial charge in [0.2, 0.25) is 5.95 Å². The molecule has 0 aliphatic carbocycles. The molecule has 6 nitrogen and oxygen atoms in total. The van der Waals surface area contributed by atoms with Crippen LogP contribution in [0.15, 0.2) is 18.2 Å². The van der Waals surface area contributed by atoms with E-state index in [0.29, 0.717) is 0 Å². The van der Waals surface area contributed by atoms with Gasteiger partial charge >= 0.3 is 0 Å². The number of nitrogens with zero attached hydrogens (tertiary/aromatic N) is 3. The molecule has 0 unspecified atom stereocenters. The van der Waals surface area contributed by atoms with Crippen LogP contribution in [0.5, 0.6) is 5.75 Å². The lowest BCUT2D eigenvalue weighted by molar-refractivity contribution is 0.412. The highest BCUT2D eigenvalue weighted by Crippen LogP contribution is 2.25. The van der Waals surface area contributed by atoms with Gasteiger partial charge < -0.3 is 15.0 Å². The largest absolute Gasteiger partial charge is 0.496 e. The molecule has 20 heavy (non-hydrogen) atoms. The summed E-state index contributed by atoms with van der Waals surface area (Å²) < 4.78 is 5.35. The van der Waals surface area contributed by atoms with Gasteiger partial charge in [-0.15, -0.1) is 5.10 Å². The summed E-state index contributed by atoms with van der Waals surface area (Å²) in [5, 5.41) is 10.6. The number of aromatic nitrogens is 3. The summed E-state index contributed by atoms with van der Waals surface area (Å²) in [4.78, 5) is 6.77. The number of anilines is 1. The van der Waals surface area contributed by atoms with Gasteiger partial charge in [0, 0.05) is 31.7 Å². The smallest absolute Gasteiger partial charge is 0.245 e. The predicted molar refractivity (Wildman–Crippen MR) is 78.2 cm³/mol. The molecule has 0 radical (unpaired) electrons. The van der Waals surface area contributed by atoms with Crippen LogP contribution < -0.4 is 15.0 Å². The number of piperazine rings is 1. The fourth-order valence-electron chi connectivity index (χ4n) is 2.36. The van der Waals surface area contributed by atoms with Crippen LogP contribution in [-0.2, 0) is 0 Å². The van der Waals surface area contributed by atoms with Crippen molar-refractivity contribution in [2.45, 2.75) is 6.92 Å². The highest BCUT2D eigenvalue weighted by Gasteiger charge is 2.15. The summed E-state index contributed by atoms with van der Waals surface area (Å²) in [6, 6.07) is 6.04. The Hall–Kier alpha value is -2.08. The number of rotatable bonds is 3. The van der Waals surface area contributed by atoms with Gasteiger partial charge in [-0.2, -0.15) is 4.98 Å². The van der Waals surface area contributed by atoms with Crippen LogP contribution in [0.1, 0.15) is 5.56 Å². The van der Waals surface area contributed by atoms with E-state index in [4.69, 9.17) is 4.74 Å². The number of hydrogen-bond donors (Lipinski definition) is 2. The number of hydrogen-bond acceptors (Lipinski definition) is 5. The monoisotopic (exact) mass is 273 g/mol. The summed E-state index contributed by atoms with van der Waals surface area (Å²) in [6.07, 6.45) is 0. The second kappa shape index (κ2) is 5.50. The van der Waals surface area contributed by atoms with Crippen molar-refractivity contribution < 1.29 is 4.74 Å². The van der Waals surface area contributed by atoms with Crippen molar-refractivity contribution in [1.29, 1.82) is 0 Å². The van der Waals surface area contributed by atoms with Crippen molar-refractivity contribution in [1.82, 2.24) is 20.5 Å². The lowest BCUT2D eigenvalue weighted by Gasteiger charge is -2.25. The van der Waals surface area contributed by atoms with Crippen LogP contribution in [-0.4, -0.2) is 48.5 Å². The molecule has 0 spiro atoms. The van der Waals surface area contributed by atoms with Crippen molar-refractivity contribution in [3.8, 4) is 17.1 Å². The standard InChI is InChI=1S/C14H19N5O/c1-10-3-4-11(9-12(10)20-2)13-16-14(18-17-13)19-7-5-15-6-8-19/h3-4,9,15H,5-8H2,1-2H3,(H,16,17,18). The zero-order chi connectivity index (χ0) is 13.9. The number of ether oxygens (including phenoxy) is 1. The van der Waals surface area contributed by atoms with Crippen LogP contribution in [0.2, 0.25) is 0 Å². The van der Waals surface area contributed by atoms with Crippen molar-refractivity contribution in [3.63, 3.8) is 0 Å². The third-order valence-corrected chi connectivity index (χ3v) is 3.55. The molecule has 6 heteroatoms. The van der Waals surface area contributed by atoms with Crippen LogP contribution in [0, 0.1) is 6.92 Å². The molecule has 2 aromatic rings. The number of H-pyrrole nitrogens is 1. The van der Waals surface area contributed by atoms with Gasteiger partial charge in [-0.25, -0.2) is 0 Å². The first-order valence-electron chi connectivity index (χ1n) is 6.81. The Morgan fingerprint density at radius 1 is 1.25 bits per heavy atom. The summed E-state index contributed by atoms with van der Waals surface area (Å²) in [5.41, 5.74) is 2.10. The molecule has 1 aromatic heterocycles. The molecule has 1 fully saturated rings. The quantitative estimate of drug-likeness (QED) is 0.879. The first-order valence-corrected chi connectivity index (χ1v) is 6.81. The number of methoxy groups -OCH3 is 1. The molecule has 0 atom stereocenters. The average Bonchev–Trinajstić information content (AvgIpc) is 2.98. The van der Waals surface area contributed by atoms with E-state index >= 15 is 0 Å². The normalized spacial score (nSPS) is 15.4. The third kappa shape index (κ3) is 2.46. The molecule has 1 aromatic carbocycles. The van der Waals surface area contributed by atoms with Gasteiger partial charge in [-0.05, 0) is 18.6 Å². The Kier molecular flexibility index (Phi) is 3.56. The van der Waals surface area contributed by atoms with E-state index < -0.39 is 0 Å². The highest BCUT2D eigenvalue weighted by molar-refractivity contribution is 5.60. The second-order valence-corrected chi connectivity index (χ2v) is 4.91. The average molecular weight is 273 g/mol. The first kappa shape index (κ1) is 12.9. The summed E-state index contributed by atoms with van der Waals surface area (Å²) in [7, 11) is 1.68. The molecule has 1 saturated heterocycles. The van der Waals surface area contributed by atoms with Crippen molar-refractivity contribution in [2.24, 2.45) is 0 Å². The molecule has 0 bridgehead atoms. The summed E-state index contributed by atoms with van der Waals surface area (Å²) in [5.74, 6) is 2.40. The van der Waals surface area contributed by atoms with E-state index in [1.165, 1.54) is 0 Å².